The summed E-state index contributed by atoms with van der Waals surface area (Å²) in [4.78, 5) is 32.8. The van der Waals surface area contributed by atoms with Gasteiger partial charge in [-0.2, -0.15) is 0 Å². The summed E-state index contributed by atoms with van der Waals surface area (Å²) in [5.41, 5.74) is 0.800. The standard InChI is InChI=1S/C17H19N3O3/c21-16-8-3-7-15(19-16)17(22)20(12-14-6-4-10-23-14)11-13-5-1-2-9-18-13/h1-3,5,7-9,14H,4,6,10-12H2,(H,19,21)/t14-/m0/s1. The lowest BCUT2D eigenvalue weighted by Gasteiger charge is -2.25. The van der Waals surface area contributed by atoms with Gasteiger partial charge in [-0.1, -0.05) is 12.1 Å². The number of nitrogens with one attached hydrogen (secondary N) is 1. The van der Waals surface area contributed by atoms with Crippen molar-refractivity contribution in [2.75, 3.05) is 13.2 Å². The van der Waals surface area contributed by atoms with Gasteiger partial charge in [-0.25, -0.2) is 0 Å². The van der Waals surface area contributed by atoms with Crippen LogP contribution in [0.2, 0.25) is 0 Å². The highest BCUT2D eigenvalue weighted by Crippen LogP contribution is 2.16. The third-order valence-electron chi connectivity index (χ3n) is 3.81. The highest BCUT2D eigenvalue weighted by atomic mass is 16.5. The number of carbonyl (C=O) groups excluding carboxylic acids is 1. The Labute approximate surface area is 134 Å². The van der Waals surface area contributed by atoms with E-state index in [1.807, 2.05) is 18.2 Å². The molecule has 0 unspecified atom stereocenters. The van der Waals surface area contributed by atoms with Gasteiger partial charge in [0.2, 0.25) is 5.56 Å². The normalized spacial score (nSPS) is 17.1. The molecular formula is C17H19N3O3. The summed E-state index contributed by atoms with van der Waals surface area (Å²) in [6, 6.07) is 10.2. The van der Waals surface area contributed by atoms with Gasteiger partial charge in [0.25, 0.3) is 5.91 Å². The Morgan fingerprint density at radius 1 is 1.30 bits per heavy atom. The van der Waals surface area contributed by atoms with Crippen LogP contribution >= 0.6 is 0 Å². The van der Waals surface area contributed by atoms with Gasteiger partial charge >= 0.3 is 0 Å². The molecular weight excluding hydrogens is 294 g/mol. The monoisotopic (exact) mass is 313 g/mol. The van der Waals surface area contributed by atoms with Crippen molar-refractivity contribution < 1.29 is 9.53 Å². The van der Waals surface area contributed by atoms with E-state index >= 15 is 0 Å². The molecule has 0 bridgehead atoms. The fraction of sp³-hybridized carbons (Fsp3) is 0.353. The van der Waals surface area contributed by atoms with Crippen molar-refractivity contribution in [1.29, 1.82) is 0 Å². The van der Waals surface area contributed by atoms with Crippen molar-refractivity contribution in [1.82, 2.24) is 14.9 Å². The Hall–Kier alpha value is -2.47. The molecule has 0 aliphatic carbocycles. The second-order valence-electron chi connectivity index (χ2n) is 5.57. The summed E-state index contributed by atoms with van der Waals surface area (Å²) in [7, 11) is 0. The number of aromatic amines is 1. The van der Waals surface area contributed by atoms with Crippen molar-refractivity contribution in [3.05, 3.63) is 64.3 Å². The van der Waals surface area contributed by atoms with Gasteiger partial charge < -0.3 is 14.6 Å². The Morgan fingerprint density at radius 2 is 2.22 bits per heavy atom. The number of nitrogens with zero attached hydrogens (tertiary/aromatic N) is 2. The molecule has 0 spiro atoms. The van der Waals surface area contributed by atoms with Crippen molar-refractivity contribution >= 4 is 5.91 Å². The molecule has 6 heteroatoms. The maximum atomic E-state index is 12.8. The molecule has 0 aromatic carbocycles. The first-order valence-electron chi connectivity index (χ1n) is 7.72. The molecule has 0 radical (unpaired) electrons. The van der Waals surface area contributed by atoms with Crippen LogP contribution in [-0.4, -0.2) is 40.0 Å². The minimum atomic E-state index is -0.286. The number of ether oxygens (including phenoxy) is 1. The molecule has 1 fully saturated rings. The fourth-order valence-corrected chi connectivity index (χ4v) is 2.68. The van der Waals surface area contributed by atoms with Crippen LogP contribution in [0.5, 0.6) is 0 Å². The van der Waals surface area contributed by atoms with Crippen LogP contribution in [0.1, 0.15) is 29.0 Å². The van der Waals surface area contributed by atoms with Gasteiger partial charge in [0.1, 0.15) is 5.69 Å². The number of hydrogen-bond donors (Lipinski definition) is 1. The maximum Gasteiger partial charge on any atom is 0.270 e. The average Bonchev–Trinajstić information content (AvgIpc) is 3.08. The van der Waals surface area contributed by atoms with Crippen LogP contribution in [0.4, 0.5) is 0 Å². The first-order chi connectivity index (χ1) is 11.2. The van der Waals surface area contributed by atoms with Crippen molar-refractivity contribution in [2.24, 2.45) is 0 Å². The number of hydrogen-bond acceptors (Lipinski definition) is 4. The lowest BCUT2D eigenvalue weighted by molar-refractivity contribution is 0.0500. The van der Waals surface area contributed by atoms with Crippen LogP contribution in [0.3, 0.4) is 0 Å². The van der Waals surface area contributed by atoms with Crippen molar-refractivity contribution in [3.63, 3.8) is 0 Å². The minimum absolute atomic E-state index is 0.0399. The van der Waals surface area contributed by atoms with E-state index in [1.54, 1.807) is 23.2 Å². The second-order valence-corrected chi connectivity index (χ2v) is 5.57. The molecule has 6 nitrogen and oxygen atoms in total. The molecule has 3 heterocycles. The number of H-pyrrole nitrogens is 1. The van der Waals surface area contributed by atoms with Crippen molar-refractivity contribution in [3.8, 4) is 0 Å². The third-order valence-corrected chi connectivity index (χ3v) is 3.81. The summed E-state index contributed by atoms with van der Waals surface area (Å²) >= 11 is 0. The molecule has 2 aromatic heterocycles. The average molecular weight is 313 g/mol. The number of pyridine rings is 2. The first-order valence-corrected chi connectivity index (χ1v) is 7.72. The first kappa shape index (κ1) is 15.4. The minimum Gasteiger partial charge on any atom is -0.376 e. The van der Waals surface area contributed by atoms with Gasteiger partial charge in [-0.15, -0.1) is 0 Å². The van der Waals surface area contributed by atoms with Gasteiger partial charge in [0, 0.05) is 25.4 Å². The van der Waals surface area contributed by atoms with Crippen LogP contribution in [0.25, 0.3) is 0 Å². The summed E-state index contributed by atoms with van der Waals surface area (Å²) in [5, 5.41) is 0. The molecule has 1 atom stereocenters. The van der Waals surface area contributed by atoms with Gasteiger partial charge in [0.15, 0.2) is 0 Å². The molecule has 2 aromatic rings. The lowest BCUT2D eigenvalue weighted by Crippen LogP contribution is -2.38. The van der Waals surface area contributed by atoms with Gasteiger partial charge in [-0.05, 0) is 31.0 Å². The van der Waals surface area contributed by atoms with E-state index in [0.717, 1.165) is 25.1 Å². The number of amides is 1. The lowest BCUT2D eigenvalue weighted by atomic mass is 10.2. The SMILES string of the molecule is O=C(c1cccc(=O)[nH]1)N(Cc1ccccn1)C[C@@H]1CCCO1. The van der Waals surface area contributed by atoms with Gasteiger partial charge in [-0.3, -0.25) is 14.6 Å². The number of carbonyl (C=O) groups is 1. The molecule has 0 saturated carbocycles. The van der Waals surface area contributed by atoms with Crippen LogP contribution in [-0.2, 0) is 11.3 Å². The zero-order valence-electron chi connectivity index (χ0n) is 12.8. The Balaban J connectivity index is 1.81. The van der Waals surface area contributed by atoms with Gasteiger partial charge in [0.05, 0.1) is 18.3 Å². The molecule has 1 amide bonds. The van der Waals surface area contributed by atoms with Crippen LogP contribution < -0.4 is 5.56 Å². The summed E-state index contributed by atoms with van der Waals surface area (Å²) < 4.78 is 5.64. The molecule has 1 N–H and O–H groups in total. The fourth-order valence-electron chi connectivity index (χ4n) is 2.68. The van der Waals surface area contributed by atoms with E-state index < -0.39 is 0 Å². The molecule has 1 saturated heterocycles. The molecule has 120 valence electrons. The Morgan fingerprint density at radius 3 is 2.91 bits per heavy atom. The Kier molecular flexibility index (Phi) is 4.83. The van der Waals surface area contributed by atoms with Crippen LogP contribution in [0.15, 0.2) is 47.4 Å². The molecule has 1 aliphatic rings. The van der Waals surface area contributed by atoms with E-state index in [-0.39, 0.29) is 23.3 Å². The van der Waals surface area contributed by atoms with E-state index in [9.17, 15) is 9.59 Å². The number of rotatable bonds is 5. The smallest absolute Gasteiger partial charge is 0.270 e. The topological polar surface area (TPSA) is 75.3 Å². The second kappa shape index (κ2) is 7.19. The quantitative estimate of drug-likeness (QED) is 0.909. The predicted molar refractivity (Wildman–Crippen MR) is 85.0 cm³/mol. The zero-order chi connectivity index (χ0) is 16.1. The maximum absolute atomic E-state index is 12.8. The van der Waals surface area contributed by atoms with E-state index in [4.69, 9.17) is 4.74 Å². The summed E-state index contributed by atoms with van der Waals surface area (Å²) in [5.74, 6) is -0.219. The zero-order valence-corrected chi connectivity index (χ0v) is 12.8. The highest BCUT2D eigenvalue weighted by molar-refractivity contribution is 5.92. The van der Waals surface area contributed by atoms with E-state index in [1.165, 1.54) is 6.07 Å². The largest absolute Gasteiger partial charge is 0.376 e. The highest BCUT2D eigenvalue weighted by Gasteiger charge is 2.24. The molecule has 23 heavy (non-hydrogen) atoms. The summed E-state index contributed by atoms with van der Waals surface area (Å²) in [6.45, 7) is 1.61. The Bertz CT molecular complexity index is 708. The third kappa shape index (κ3) is 4.04. The van der Waals surface area contributed by atoms with Crippen molar-refractivity contribution in [2.45, 2.75) is 25.5 Å². The van der Waals surface area contributed by atoms with Crippen LogP contribution in [0, 0.1) is 0 Å². The number of aromatic nitrogens is 2. The molecule has 3 rings (SSSR count). The molecule has 1 aliphatic heterocycles. The van der Waals surface area contributed by atoms with E-state index in [2.05, 4.69) is 9.97 Å². The predicted octanol–water partition coefficient (Wildman–Crippen LogP) is 1.59. The van der Waals surface area contributed by atoms with E-state index in [0.29, 0.717) is 13.1 Å². The summed E-state index contributed by atoms with van der Waals surface area (Å²) in [6.07, 6.45) is 3.70.